The van der Waals surface area contributed by atoms with Crippen LogP contribution in [0.2, 0.25) is 5.02 Å². The number of ether oxygens (including phenoxy) is 3. The number of hydrogen-bond donors (Lipinski definition) is 2. The van der Waals surface area contributed by atoms with Crippen molar-refractivity contribution in [1.29, 1.82) is 0 Å². The van der Waals surface area contributed by atoms with Gasteiger partial charge in [-0.15, -0.1) is 0 Å². The van der Waals surface area contributed by atoms with E-state index in [1.54, 1.807) is 6.20 Å². The van der Waals surface area contributed by atoms with Crippen molar-refractivity contribution in [2.45, 2.75) is 31.8 Å². The third-order valence-electron chi connectivity index (χ3n) is 5.20. The van der Waals surface area contributed by atoms with E-state index in [9.17, 15) is 0 Å². The Balaban J connectivity index is 1.30. The van der Waals surface area contributed by atoms with E-state index in [0.717, 1.165) is 63.5 Å². The van der Waals surface area contributed by atoms with Gasteiger partial charge in [0.2, 0.25) is 5.95 Å². The van der Waals surface area contributed by atoms with E-state index in [1.807, 2.05) is 24.3 Å². The van der Waals surface area contributed by atoms with Crippen LogP contribution in [0.15, 0.2) is 30.5 Å². The van der Waals surface area contributed by atoms with Crippen molar-refractivity contribution in [1.82, 2.24) is 9.97 Å². The van der Waals surface area contributed by atoms with E-state index < -0.39 is 0 Å². The van der Waals surface area contributed by atoms with E-state index in [2.05, 4.69) is 20.6 Å². The second-order valence-electron chi connectivity index (χ2n) is 7.42. The maximum Gasteiger partial charge on any atom is 0.229 e. The molecule has 2 saturated heterocycles. The molecule has 2 fully saturated rings. The number of nitrogens with one attached hydrogen (secondary N) is 2. The predicted octanol–water partition coefficient (Wildman–Crippen LogP) is 4.27. The fourth-order valence-electron chi connectivity index (χ4n) is 3.46. The molecule has 0 saturated carbocycles. The number of hydrogen-bond acceptors (Lipinski definition) is 7. The Morgan fingerprint density at radius 2 is 1.93 bits per heavy atom. The van der Waals surface area contributed by atoms with Crippen LogP contribution >= 0.6 is 11.6 Å². The molecule has 1 atom stereocenters. The Morgan fingerprint density at radius 3 is 2.69 bits per heavy atom. The van der Waals surface area contributed by atoms with Crippen molar-refractivity contribution in [2.24, 2.45) is 5.92 Å². The van der Waals surface area contributed by atoms with Crippen molar-refractivity contribution in [3.8, 4) is 5.75 Å². The smallest absolute Gasteiger partial charge is 0.229 e. The summed E-state index contributed by atoms with van der Waals surface area (Å²) in [6, 6.07) is 7.82. The summed E-state index contributed by atoms with van der Waals surface area (Å²) in [5, 5.41) is 6.96. The molecule has 0 spiro atoms. The SMILES string of the molecule is Clc1cnc(Nc2ccc(OCC3CCOCC3)cc2)nc1NCC1CCCO1. The molecule has 3 heterocycles. The van der Waals surface area contributed by atoms with Gasteiger partial charge in [0, 0.05) is 32.1 Å². The number of anilines is 3. The van der Waals surface area contributed by atoms with E-state index in [1.165, 1.54) is 0 Å². The summed E-state index contributed by atoms with van der Waals surface area (Å²) in [5.41, 5.74) is 0.885. The molecule has 0 amide bonds. The van der Waals surface area contributed by atoms with Crippen molar-refractivity contribution >= 4 is 29.1 Å². The average molecular weight is 419 g/mol. The molecule has 2 aliphatic heterocycles. The molecule has 8 heteroatoms. The van der Waals surface area contributed by atoms with Crippen LogP contribution in [-0.4, -0.2) is 49.0 Å². The van der Waals surface area contributed by atoms with Gasteiger partial charge >= 0.3 is 0 Å². The minimum atomic E-state index is 0.214. The lowest BCUT2D eigenvalue weighted by molar-refractivity contribution is 0.0497. The first-order valence-corrected chi connectivity index (χ1v) is 10.6. The molecule has 2 N–H and O–H groups in total. The highest BCUT2D eigenvalue weighted by Crippen LogP contribution is 2.24. The van der Waals surface area contributed by atoms with Crippen LogP contribution in [0.3, 0.4) is 0 Å². The third-order valence-corrected chi connectivity index (χ3v) is 5.48. The fourth-order valence-corrected chi connectivity index (χ4v) is 3.62. The minimum absolute atomic E-state index is 0.214. The van der Waals surface area contributed by atoms with Crippen LogP contribution in [0.1, 0.15) is 25.7 Å². The fraction of sp³-hybridized carbons (Fsp3) is 0.524. The number of aromatic nitrogens is 2. The number of halogens is 1. The second-order valence-corrected chi connectivity index (χ2v) is 7.83. The van der Waals surface area contributed by atoms with Crippen LogP contribution < -0.4 is 15.4 Å². The molecule has 4 rings (SSSR count). The summed E-state index contributed by atoms with van der Waals surface area (Å²) in [4.78, 5) is 8.75. The molecule has 0 radical (unpaired) electrons. The van der Waals surface area contributed by atoms with Crippen molar-refractivity contribution in [2.75, 3.05) is 43.6 Å². The molecule has 29 heavy (non-hydrogen) atoms. The lowest BCUT2D eigenvalue weighted by atomic mass is 10.0. The lowest BCUT2D eigenvalue weighted by Gasteiger charge is -2.22. The second kappa shape index (κ2) is 10.1. The Kier molecular flexibility index (Phi) is 7.03. The van der Waals surface area contributed by atoms with Gasteiger partial charge < -0.3 is 24.8 Å². The highest BCUT2D eigenvalue weighted by atomic mass is 35.5. The van der Waals surface area contributed by atoms with Gasteiger partial charge in [-0.2, -0.15) is 4.98 Å². The highest BCUT2D eigenvalue weighted by Gasteiger charge is 2.16. The summed E-state index contributed by atoms with van der Waals surface area (Å²) >= 11 is 6.22. The first kappa shape index (κ1) is 20.2. The van der Waals surface area contributed by atoms with Crippen molar-refractivity contribution < 1.29 is 14.2 Å². The van der Waals surface area contributed by atoms with Gasteiger partial charge in [0.05, 0.1) is 18.9 Å². The summed E-state index contributed by atoms with van der Waals surface area (Å²) in [6.07, 6.45) is 6.11. The Bertz CT molecular complexity index is 778. The zero-order chi connectivity index (χ0) is 19.9. The zero-order valence-corrected chi connectivity index (χ0v) is 17.2. The van der Waals surface area contributed by atoms with Crippen LogP contribution in [-0.2, 0) is 9.47 Å². The molecule has 2 aliphatic rings. The predicted molar refractivity (Wildman–Crippen MR) is 113 cm³/mol. The molecule has 1 aromatic heterocycles. The molecule has 1 unspecified atom stereocenters. The molecule has 1 aromatic carbocycles. The van der Waals surface area contributed by atoms with Gasteiger partial charge in [0.15, 0.2) is 5.82 Å². The van der Waals surface area contributed by atoms with Crippen LogP contribution in [0.5, 0.6) is 5.75 Å². The van der Waals surface area contributed by atoms with Crippen molar-refractivity contribution in [3.05, 3.63) is 35.5 Å². The first-order valence-electron chi connectivity index (χ1n) is 10.2. The van der Waals surface area contributed by atoms with Gasteiger partial charge in [-0.3, -0.25) is 0 Å². The molecule has 0 aliphatic carbocycles. The summed E-state index contributed by atoms with van der Waals surface area (Å²) in [6.45, 7) is 3.92. The van der Waals surface area contributed by atoms with Crippen LogP contribution in [0, 0.1) is 5.92 Å². The van der Waals surface area contributed by atoms with E-state index in [-0.39, 0.29) is 6.10 Å². The van der Waals surface area contributed by atoms with E-state index in [0.29, 0.717) is 29.3 Å². The standard InChI is InChI=1S/C21H27ClN4O3/c22-19-13-24-21(26-20(19)23-12-18-2-1-9-28-18)25-16-3-5-17(6-4-16)29-14-15-7-10-27-11-8-15/h3-6,13,15,18H,1-2,7-12,14H2,(H2,23,24,25,26). The average Bonchev–Trinajstić information content (AvgIpc) is 3.28. The maximum absolute atomic E-state index is 6.22. The zero-order valence-electron chi connectivity index (χ0n) is 16.4. The van der Waals surface area contributed by atoms with Gasteiger partial charge in [-0.25, -0.2) is 4.98 Å². The number of rotatable bonds is 8. The third kappa shape index (κ3) is 5.95. The topological polar surface area (TPSA) is 77.5 Å². The minimum Gasteiger partial charge on any atom is -0.493 e. The maximum atomic E-state index is 6.22. The largest absolute Gasteiger partial charge is 0.493 e. The summed E-state index contributed by atoms with van der Waals surface area (Å²) < 4.78 is 16.9. The Morgan fingerprint density at radius 1 is 1.10 bits per heavy atom. The Hall–Kier alpha value is -2.09. The normalized spacial score (nSPS) is 19.8. The molecular formula is C21H27ClN4O3. The van der Waals surface area contributed by atoms with E-state index in [4.69, 9.17) is 25.8 Å². The van der Waals surface area contributed by atoms with Gasteiger partial charge in [-0.05, 0) is 55.9 Å². The van der Waals surface area contributed by atoms with Gasteiger partial charge in [-0.1, -0.05) is 11.6 Å². The molecule has 0 bridgehead atoms. The quantitative estimate of drug-likeness (QED) is 0.662. The number of benzene rings is 1. The number of nitrogens with zero attached hydrogens (tertiary/aromatic N) is 2. The van der Waals surface area contributed by atoms with E-state index >= 15 is 0 Å². The monoisotopic (exact) mass is 418 g/mol. The first-order chi connectivity index (χ1) is 14.3. The molecular weight excluding hydrogens is 392 g/mol. The lowest BCUT2D eigenvalue weighted by Crippen LogP contribution is -2.21. The summed E-state index contributed by atoms with van der Waals surface area (Å²) in [5.74, 6) is 2.53. The summed E-state index contributed by atoms with van der Waals surface area (Å²) in [7, 11) is 0. The Labute approximate surface area is 176 Å². The van der Waals surface area contributed by atoms with Crippen LogP contribution in [0.25, 0.3) is 0 Å². The van der Waals surface area contributed by atoms with Gasteiger partial charge in [0.25, 0.3) is 0 Å². The van der Waals surface area contributed by atoms with Gasteiger partial charge in [0.1, 0.15) is 10.8 Å². The van der Waals surface area contributed by atoms with Crippen molar-refractivity contribution in [3.63, 3.8) is 0 Å². The molecule has 2 aromatic rings. The van der Waals surface area contributed by atoms with Crippen LogP contribution in [0.4, 0.5) is 17.5 Å². The molecule has 7 nitrogen and oxygen atoms in total. The molecule has 156 valence electrons. The highest BCUT2D eigenvalue weighted by molar-refractivity contribution is 6.32.